The number of hydrogen-bond donors (Lipinski definition) is 0. The lowest BCUT2D eigenvalue weighted by molar-refractivity contribution is -0.0893. The Morgan fingerprint density at radius 3 is 2.67 bits per heavy atom. The number of halogens is 1. The largest absolute Gasteiger partial charge is 0.493 e. The molecule has 3 rings (SSSR count). The molecule has 6 nitrogen and oxygen atoms in total. The van der Waals surface area contributed by atoms with Crippen LogP contribution in [0.4, 0.5) is 4.39 Å². The summed E-state index contributed by atoms with van der Waals surface area (Å²) < 4.78 is 30.4. The molecule has 132 valence electrons. The topological polar surface area (TPSA) is 51.2 Å². The average Bonchev–Trinajstić information content (AvgIpc) is 2.61. The van der Waals surface area contributed by atoms with Gasteiger partial charge in [-0.1, -0.05) is 0 Å². The summed E-state index contributed by atoms with van der Waals surface area (Å²) in [5.41, 5.74) is 0.00507. The lowest BCUT2D eigenvalue weighted by Crippen LogP contribution is -2.59. The lowest BCUT2D eigenvalue weighted by Gasteiger charge is -2.45. The van der Waals surface area contributed by atoms with Crippen LogP contribution >= 0.6 is 0 Å². The fourth-order valence-corrected chi connectivity index (χ4v) is 3.41. The summed E-state index contributed by atoms with van der Waals surface area (Å²) in [6, 6.07) is 2.75. The number of piperidine rings is 1. The number of carbonyl (C=O) groups excluding carboxylic acids is 1. The predicted molar refractivity (Wildman–Crippen MR) is 86.2 cm³/mol. The maximum absolute atomic E-state index is 14.4. The van der Waals surface area contributed by atoms with E-state index in [2.05, 4.69) is 4.90 Å². The van der Waals surface area contributed by atoms with E-state index in [0.29, 0.717) is 18.8 Å². The molecule has 0 aliphatic carbocycles. The molecule has 0 saturated carbocycles. The lowest BCUT2D eigenvalue weighted by atomic mass is 9.98. The van der Waals surface area contributed by atoms with Crippen molar-refractivity contribution in [1.82, 2.24) is 9.80 Å². The van der Waals surface area contributed by atoms with Crippen LogP contribution in [0.5, 0.6) is 11.5 Å². The number of hydrogen-bond acceptors (Lipinski definition) is 5. The number of methoxy groups -OCH3 is 2. The molecule has 1 aromatic rings. The molecule has 0 spiro atoms. The number of rotatable bonds is 3. The quantitative estimate of drug-likeness (QED) is 0.834. The van der Waals surface area contributed by atoms with Crippen molar-refractivity contribution in [2.75, 3.05) is 47.5 Å². The van der Waals surface area contributed by atoms with E-state index in [0.717, 1.165) is 19.6 Å². The van der Waals surface area contributed by atoms with Crippen molar-refractivity contribution < 1.29 is 23.4 Å². The first-order valence-electron chi connectivity index (χ1n) is 8.07. The third kappa shape index (κ3) is 3.06. The summed E-state index contributed by atoms with van der Waals surface area (Å²) in [6.07, 6.45) is 0.901. The zero-order chi connectivity index (χ0) is 17.3. The van der Waals surface area contributed by atoms with Crippen LogP contribution in [0.25, 0.3) is 0 Å². The van der Waals surface area contributed by atoms with E-state index in [4.69, 9.17) is 14.2 Å². The van der Waals surface area contributed by atoms with E-state index in [1.807, 2.05) is 7.05 Å². The van der Waals surface area contributed by atoms with Crippen LogP contribution < -0.4 is 9.47 Å². The van der Waals surface area contributed by atoms with Gasteiger partial charge in [-0.25, -0.2) is 4.39 Å². The monoisotopic (exact) mass is 338 g/mol. The van der Waals surface area contributed by atoms with Crippen molar-refractivity contribution in [2.24, 2.45) is 0 Å². The number of benzene rings is 1. The van der Waals surface area contributed by atoms with Crippen LogP contribution in [0.15, 0.2) is 12.1 Å². The molecule has 0 unspecified atom stereocenters. The van der Waals surface area contributed by atoms with Crippen LogP contribution in [0.2, 0.25) is 0 Å². The van der Waals surface area contributed by atoms with Gasteiger partial charge in [0.05, 0.1) is 38.5 Å². The van der Waals surface area contributed by atoms with Crippen LogP contribution in [-0.4, -0.2) is 75.4 Å². The maximum atomic E-state index is 14.4. The summed E-state index contributed by atoms with van der Waals surface area (Å²) in [7, 11) is 4.93. The Morgan fingerprint density at radius 2 is 1.96 bits per heavy atom. The minimum Gasteiger partial charge on any atom is -0.493 e. The number of likely N-dealkylation sites (N-methyl/N-ethyl adjacent to an activating group) is 1. The van der Waals surface area contributed by atoms with Crippen molar-refractivity contribution in [2.45, 2.75) is 18.6 Å². The molecule has 2 atom stereocenters. The third-order valence-corrected chi connectivity index (χ3v) is 4.85. The van der Waals surface area contributed by atoms with Crippen LogP contribution in [0.1, 0.15) is 16.8 Å². The summed E-state index contributed by atoms with van der Waals surface area (Å²) in [4.78, 5) is 16.7. The highest BCUT2D eigenvalue weighted by Gasteiger charge is 2.37. The summed E-state index contributed by atoms with van der Waals surface area (Å²) in [6.45, 7) is 2.65. The van der Waals surface area contributed by atoms with Crippen LogP contribution in [0.3, 0.4) is 0 Å². The smallest absolute Gasteiger partial charge is 0.257 e. The first-order valence-corrected chi connectivity index (χ1v) is 8.07. The van der Waals surface area contributed by atoms with Crippen LogP contribution in [0, 0.1) is 5.82 Å². The summed E-state index contributed by atoms with van der Waals surface area (Å²) in [5, 5.41) is 0. The number of ether oxygens (including phenoxy) is 3. The van der Waals surface area contributed by atoms with Gasteiger partial charge < -0.3 is 19.1 Å². The maximum Gasteiger partial charge on any atom is 0.257 e. The molecule has 1 aromatic carbocycles. The minimum absolute atomic E-state index is 0.00507. The van der Waals surface area contributed by atoms with E-state index >= 15 is 0 Å². The van der Waals surface area contributed by atoms with Gasteiger partial charge in [0, 0.05) is 25.7 Å². The van der Waals surface area contributed by atoms with Gasteiger partial charge >= 0.3 is 0 Å². The minimum atomic E-state index is -0.604. The molecule has 1 amide bonds. The van der Waals surface area contributed by atoms with Gasteiger partial charge in [-0.3, -0.25) is 9.69 Å². The molecular weight excluding hydrogens is 315 g/mol. The number of morpholine rings is 1. The van der Waals surface area contributed by atoms with Crippen molar-refractivity contribution >= 4 is 5.91 Å². The molecule has 2 fully saturated rings. The summed E-state index contributed by atoms with van der Waals surface area (Å²) in [5.74, 6) is -0.320. The molecule has 2 aliphatic rings. The van der Waals surface area contributed by atoms with E-state index in [1.165, 1.54) is 26.4 Å². The van der Waals surface area contributed by atoms with Gasteiger partial charge in [0.15, 0.2) is 11.5 Å². The normalized spacial score (nSPS) is 24.4. The van der Waals surface area contributed by atoms with Gasteiger partial charge in [0.25, 0.3) is 5.91 Å². The molecular formula is C17H23FN2O4. The van der Waals surface area contributed by atoms with Crippen molar-refractivity contribution in [1.29, 1.82) is 0 Å². The Kier molecular flexibility index (Phi) is 4.91. The molecule has 0 aromatic heterocycles. The second kappa shape index (κ2) is 6.94. The average molecular weight is 338 g/mol. The zero-order valence-electron chi connectivity index (χ0n) is 14.3. The number of amides is 1. The molecule has 2 saturated heterocycles. The van der Waals surface area contributed by atoms with Gasteiger partial charge in [-0.2, -0.15) is 0 Å². The molecule has 2 heterocycles. The van der Waals surface area contributed by atoms with Crippen LogP contribution in [-0.2, 0) is 4.74 Å². The molecule has 24 heavy (non-hydrogen) atoms. The number of nitrogens with zero attached hydrogens (tertiary/aromatic N) is 2. The number of likely N-dealkylation sites (tertiary alicyclic amines) is 1. The van der Waals surface area contributed by atoms with E-state index < -0.39 is 5.82 Å². The Bertz CT molecular complexity index is 625. The summed E-state index contributed by atoms with van der Waals surface area (Å²) >= 11 is 0. The highest BCUT2D eigenvalue weighted by atomic mass is 19.1. The first kappa shape index (κ1) is 17.0. The Balaban J connectivity index is 1.81. The molecule has 0 radical (unpaired) electrons. The highest BCUT2D eigenvalue weighted by Crippen LogP contribution is 2.31. The Hall–Kier alpha value is -1.86. The zero-order valence-corrected chi connectivity index (χ0v) is 14.3. The standard InChI is InChI=1S/C17H23FN2O4/c1-19-6-7-24-14-4-5-20(10-13(14)19)17(21)11-8-15(22-2)16(23-3)9-12(11)18/h8-9,13-14H,4-7,10H2,1-3H3/t13-,14-/m0/s1. The van der Waals surface area contributed by atoms with E-state index in [-0.39, 0.29) is 29.4 Å². The first-order chi connectivity index (χ1) is 11.5. The van der Waals surface area contributed by atoms with Gasteiger partial charge in [0.2, 0.25) is 0 Å². The highest BCUT2D eigenvalue weighted by molar-refractivity contribution is 5.95. The van der Waals surface area contributed by atoms with Gasteiger partial charge in [-0.15, -0.1) is 0 Å². The number of fused-ring (bicyclic) bond motifs is 1. The fourth-order valence-electron chi connectivity index (χ4n) is 3.41. The van der Waals surface area contributed by atoms with E-state index in [1.54, 1.807) is 4.90 Å². The number of carbonyl (C=O) groups is 1. The fraction of sp³-hybridized carbons (Fsp3) is 0.588. The molecule has 7 heteroatoms. The Morgan fingerprint density at radius 1 is 1.25 bits per heavy atom. The molecule has 0 N–H and O–H groups in total. The van der Waals surface area contributed by atoms with Crippen molar-refractivity contribution in [3.05, 3.63) is 23.5 Å². The van der Waals surface area contributed by atoms with Gasteiger partial charge in [0.1, 0.15) is 5.82 Å². The van der Waals surface area contributed by atoms with E-state index in [9.17, 15) is 9.18 Å². The molecule has 0 bridgehead atoms. The predicted octanol–water partition coefficient (Wildman–Crippen LogP) is 1.39. The Labute approximate surface area is 141 Å². The van der Waals surface area contributed by atoms with Gasteiger partial charge in [-0.05, 0) is 19.5 Å². The SMILES string of the molecule is COc1cc(F)c(C(=O)N2CC[C@@H]3OCCN(C)[C@H]3C2)cc1OC. The molecule has 2 aliphatic heterocycles. The third-order valence-electron chi connectivity index (χ3n) is 4.85. The van der Waals surface area contributed by atoms with Crippen molar-refractivity contribution in [3.8, 4) is 11.5 Å². The second-order valence-corrected chi connectivity index (χ2v) is 6.18. The second-order valence-electron chi connectivity index (χ2n) is 6.18. The van der Waals surface area contributed by atoms with Crippen molar-refractivity contribution in [3.63, 3.8) is 0 Å².